The first-order valence-electron chi connectivity index (χ1n) is 6.26. The summed E-state index contributed by atoms with van der Waals surface area (Å²) in [6, 6.07) is 1.72. The summed E-state index contributed by atoms with van der Waals surface area (Å²) >= 11 is 0. The number of hydrogen-bond donors (Lipinski definition) is 1. The number of nitrogens with zero attached hydrogens (tertiary/aromatic N) is 4. The van der Waals surface area contributed by atoms with E-state index in [1.165, 1.54) is 7.11 Å². The van der Waals surface area contributed by atoms with Crippen molar-refractivity contribution in [1.82, 2.24) is 25.3 Å². The number of methoxy groups -OCH3 is 1. The van der Waals surface area contributed by atoms with Crippen molar-refractivity contribution < 1.29 is 9.53 Å². The molecule has 0 fully saturated rings. The Morgan fingerprint density at radius 1 is 1.25 bits per heavy atom. The van der Waals surface area contributed by atoms with Gasteiger partial charge in [-0.2, -0.15) is 0 Å². The van der Waals surface area contributed by atoms with E-state index in [0.717, 1.165) is 24.2 Å². The molecule has 0 radical (unpaired) electrons. The molecule has 2 aromatic rings. The van der Waals surface area contributed by atoms with Crippen molar-refractivity contribution in [3.05, 3.63) is 35.4 Å². The minimum Gasteiger partial charge on any atom is -0.464 e. The van der Waals surface area contributed by atoms with E-state index in [0.29, 0.717) is 18.2 Å². The molecular weight excluding hydrogens is 258 g/mol. The Bertz CT molecular complexity index is 645. The second-order valence-electron chi connectivity index (χ2n) is 4.31. The van der Waals surface area contributed by atoms with Crippen molar-refractivity contribution in [2.45, 2.75) is 13.0 Å². The molecule has 1 N–H and O–H groups in total. The van der Waals surface area contributed by atoms with Crippen LogP contribution in [0.4, 0.5) is 0 Å². The van der Waals surface area contributed by atoms with E-state index in [-0.39, 0.29) is 5.69 Å². The molecule has 0 atom stereocenters. The molecule has 3 rings (SSSR count). The molecule has 102 valence electrons. The number of hydrogen-bond acceptors (Lipinski definition) is 7. The van der Waals surface area contributed by atoms with Gasteiger partial charge < -0.3 is 10.1 Å². The third-order valence-corrected chi connectivity index (χ3v) is 3.08. The zero-order valence-electron chi connectivity index (χ0n) is 11.0. The predicted octanol–water partition coefficient (Wildman–Crippen LogP) is 0.366. The molecular formula is C13H13N5O2. The largest absolute Gasteiger partial charge is 0.464 e. The van der Waals surface area contributed by atoms with Gasteiger partial charge in [0.15, 0.2) is 17.3 Å². The van der Waals surface area contributed by atoms with Crippen molar-refractivity contribution in [3.8, 4) is 11.6 Å². The smallest absolute Gasteiger partial charge is 0.357 e. The molecule has 0 spiro atoms. The zero-order valence-corrected chi connectivity index (χ0v) is 11.0. The van der Waals surface area contributed by atoms with Crippen LogP contribution in [0.3, 0.4) is 0 Å². The van der Waals surface area contributed by atoms with Gasteiger partial charge in [0, 0.05) is 37.5 Å². The number of nitrogens with one attached hydrogen (secondary N) is 1. The van der Waals surface area contributed by atoms with Crippen LogP contribution in [0.5, 0.6) is 0 Å². The first kappa shape index (κ1) is 12.6. The lowest BCUT2D eigenvalue weighted by Crippen LogP contribution is -2.28. The van der Waals surface area contributed by atoms with Gasteiger partial charge in [0.1, 0.15) is 0 Å². The summed E-state index contributed by atoms with van der Waals surface area (Å²) in [6.07, 6.45) is 3.97. The maximum atomic E-state index is 11.9. The van der Waals surface area contributed by atoms with Crippen LogP contribution in [0, 0.1) is 0 Å². The highest BCUT2D eigenvalue weighted by molar-refractivity contribution is 5.89. The Labute approximate surface area is 115 Å². The molecule has 1 aliphatic rings. The van der Waals surface area contributed by atoms with Gasteiger partial charge in [0.25, 0.3) is 0 Å². The third-order valence-electron chi connectivity index (χ3n) is 3.08. The number of esters is 1. The summed E-state index contributed by atoms with van der Waals surface area (Å²) in [5.41, 5.74) is 1.93. The van der Waals surface area contributed by atoms with Gasteiger partial charge >= 0.3 is 5.97 Å². The molecule has 0 unspecified atom stereocenters. The second kappa shape index (κ2) is 5.30. The van der Waals surface area contributed by atoms with E-state index in [9.17, 15) is 4.79 Å². The maximum Gasteiger partial charge on any atom is 0.357 e. The van der Waals surface area contributed by atoms with E-state index in [1.807, 2.05) is 0 Å². The quantitative estimate of drug-likeness (QED) is 0.789. The van der Waals surface area contributed by atoms with Crippen LogP contribution in [-0.4, -0.2) is 39.6 Å². The van der Waals surface area contributed by atoms with E-state index >= 15 is 0 Å². The number of ether oxygens (including phenoxy) is 1. The van der Waals surface area contributed by atoms with Crippen molar-refractivity contribution >= 4 is 5.97 Å². The van der Waals surface area contributed by atoms with E-state index in [1.54, 1.807) is 18.5 Å². The van der Waals surface area contributed by atoms with Gasteiger partial charge in [-0.15, -0.1) is 0 Å². The van der Waals surface area contributed by atoms with Crippen molar-refractivity contribution in [2.75, 3.05) is 13.7 Å². The fourth-order valence-electron chi connectivity index (χ4n) is 2.12. The van der Waals surface area contributed by atoms with Crippen LogP contribution in [0.25, 0.3) is 11.6 Å². The van der Waals surface area contributed by atoms with E-state index in [2.05, 4.69) is 25.3 Å². The number of rotatable bonds is 2. The first-order valence-corrected chi connectivity index (χ1v) is 6.26. The van der Waals surface area contributed by atoms with Crippen LogP contribution in [0.15, 0.2) is 18.5 Å². The van der Waals surface area contributed by atoms with Gasteiger partial charge in [-0.1, -0.05) is 0 Å². The van der Waals surface area contributed by atoms with E-state index < -0.39 is 5.97 Å². The van der Waals surface area contributed by atoms with Gasteiger partial charge in [0.05, 0.1) is 12.8 Å². The van der Waals surface area contributed by atoms with Crippen LogP contribution >= 0.6 is 0 Å². The highest BCUT2D eigenvalue weighted by Gasteiger charge is 2.23. The van der Waals surface area contributed by atoms with Crippen LogP contribution < -0.4 is 5.32 Å². The summed E-state index contributed by atoms with van der Waals surface area (Å²) in [4.78, 5) is 28.9. The predicted molar refractivity (Wildman–Crippen MR) is 69.8 cm³/mol. The average Bonchev–Trinajstić information content (AvgIpc) is 2.54. The molecule has 20 heavy (non-hydrogen) atoms. The van der Waals surface area contributed by atoms with Crippen LogP contribution in [-0.2, 0) is 17.7 Å². The lowest BCUT2D eigenvalue weighted by Gasteiger charge is -2.18. The van der Waals surface area contributed by atoms with E-state index in [4.69, 9.17) is 4.74 Å². The SMILES string of the molecule is COC(=O)c1nc(-c2ncccn2)nc2c1CNCC2. The highest BCUT2D eigenvalue weighted by atomic mass is 16.5. The third kappa shape index (κ3) is 2.23. The molecule has 0 saturated carbocycles. The van der Waals surface area contributed by atoms with Gasteiger partial charge in [-0.25, -0.2) is 24.7 Å². The fraction of sp³-hybridized carbons (Fsp3) is 0.308. The molecule has 0 aromatic carbocycles. The summed E-state index contributed by atoms with van der Waals surface area (Å²) < 4.78 is 4.80. The fourth-order valence-corrected chi connectivity index (χ4v) is 2.12. The summed E-state index contributed by atoms with van der Waals surface area (Å²) in [5.74, 6) is 0.287. The lowest BCUT2D eigenvalue weighted by molar-refractivity contribution is 0.0592. The lowest BCUT2D eigenvalue weighted by atomic mass is 10.1. The standard InChI is InChI=1S/C13H13N5O2/c1-20-13(19)10-8-7-14-6-3-9(8)17-12(18-10)11-15-4-2-5-16-11/h2,4-5,14H,3,6-7H2,1H3. The molecule has 0 aliphatic carbocycles. The zero-order chi connectivity index (χ0) is 13.9. The minimum absolute atomic E-state index is 0.284. The molecule has 3 heterocycles. The number of carbonyl (C=O) groups excluding carboxylic acids is 1. The van der Waals surface area contributed by atoms with Gasteiger partial charge in [0.2, 0.25) is 0 Å². The molecule has 0 bridgehead atoms. The molecule has 0 amide bonds. The monoisotopic (exact) mass is 271 g/mol. The minimum atomic E-state index is -0.468. The normalized spacial score (nSPS) is 13.7. The molecule has 1 aliphatic heterocycles. The van der Waals surface area contributed by atoms with Gasteiger partial charge in [-0.05, 0) is 6.07 Å². The number of carbonyl (C=O) groups is 1. The van der Waals surface area contributed by atoms with Crippen LogP contribution in [0.2, 0.25) is 0 Å². The van der Waals surface area contributed by atoms with Crippen LogP contribution in [0.1, 0.15) is 21.7 Å². The average molecular weight is 271 g/mol. The number of aromatic nitrogens is 4. The topological polar surface area (TPSA) is 89.9 Å². The van der Waals surface area contributed by atoms with Crippen molar-refractivity contribution in [3.63, 3.8) is 0 Å². The Morgan fingerprint density at radius 2 is 2.05 bits per heavy atom. The second-order valence-corrected chi connectivity index (χ2v) is 4.31. The Hall–Kier alpha value is -2.41. The highest BCUT2D eigenvalue weighted by Crippen LogP contribution is 2.19. The van der Waals surface area contributed by atoms with Crippen molar-refractivity contribution in [2.24, 2.45) is 0 Å². The first-order chi connectivity index (χ1) is 9.79. The Balaban J connectivity index is 2.15. The summed E-state index contributed by atoms with van der Waals surface area (Å²) in [7, 11) is 1.34. The maximum absolute atomic E-state index is 11.9. The molecule has 0 saturated heterocycles. The Morgan fingerprint density at radius 3 is 2.80 bits per heavy atom. The number of fused-ring (bicyclic) bond motifs is 1. The molecule has 7 heteroatoms. The van der Waals surface area contributed by atoms with Crippen molar-refractivity contribution in [1.29, 1.82) is 0 Å². The Kier molecular flexibility index (Phi) is 3.34. The molecule has 2 aromatic heterocycles. The van der Waals surface area contributed by atoms with Gasteiger partial charge in [-0.3, -0.25) is 0 Å². The summed E-state index contributed by atoms with van der Waals surface area (Å²) in [6.45, 7) is 1.38. The molecule has 7 nitrogen and oxygen atoms in total. The summed E-state index contributed by atoms with van der Waals surface area (Å²) in [5, 5.41) is 3.20.